The van der Waals surface area contributed by atoms with Crippen molar-refractivity contribution < 1.29 is 35.5 Å². The van der Waals surface area contributed by atoms with Crippen LogP contribution < -0.4 is 10.1 Å². The predicted octanol–water partition coefficient (Wildman–Crippen LogP) is 4.34. The number of ether oxygens (including phenoxy) is 1. The number of hydrogen-bond acceptors (Lipinski definition) is 8. The van der Waals surface area contributed by atoms with Gasteiger partial charge in [0.25, 0.3) is 11.8 Å². The summed E-state index contributed by atoms with van der Waals surface area (Å²) in [5.41, 5.74) is -3.70. The van der Waals surface area contributed by atoms with Gasteiger partial charge in [-0.25, -0.2) is 8.42 Å². The van der Waals surface area contributed by atoms with Crippen molar-refractivity contribution in [1.29, 1.82) is 5.26 Å². The molecule has 192 valence electrons. The Balaban J connectivity index is 1.73. The Labute approximate surface area is 208 Å². The normalized spacial score (nSPS) is 14.5. The van der Waals surface area contributed by atoms with Crippen molar-refractivity contribution in [2.45, 2.75) is 36.3 Å². The molecule has 1 amide bonds. The highest BCUT2D eigenvalue weighted by Crippen LogP contribution is 2.48. The number of nitriles is 1. The van der Waals surface area contributed by atoms with Gasteiger partial charge in [0.15, 0.2) is 15.5 Å². The highest BCUT2D eigenvalue weighted by atomic mass is 32.2. The number of alkyl halides is 3. The summed E-state index contributed by atoms with van der Waals surface area (Å²) in [6, 6.07) is 9.57. The first-order valence-electron chi connectivity index (χ1n) is 10.6. The minimum Gasteiger partial charge on any atom is -0.418 e. The maximum atomic E-state index is 14.6. The first-order chi connectivity index (χ1) is 17.2. The summed E-state index contributed by atoms with van der Waals surface area (Å²) < 4.78 is 84.0. The number of amides is 1. The van der Waals surface area contributed by atoms with E-state index in [1.54, 1.807) is 0 Å². The third kappa shape index (κ3) is 5.21. The molecule has 0 saturated heterocycles. The van der Waals surface area contributed by atoms with E-state index in [0.29, 0.717) is 12.8 Å². The van der Waals surface area contributed by atoms with E-state index in [-0.39, 0.29) is 16.1 Å². The minimum atomic E-state index is -4.96. The third-order valence-electron chi connectivity index (χ3n) is 5.70. The second kappa shape index (κ2) is 9.07. The Morgan fingerprint density at radius 3 is 2.46 bits per heavy atom. The van der Waals surface area contributed by atoms with Gasteiger partial charge >= 0.3 is 6.18 Å². The maximum absolute atomic E-state index is 14.6. The van der Waals surface area contributed by atoms with Crippen LogP contribution in [0.15, 0.2) is 41.3 Å². The van der Waals surface area contributed by atoms with Crippen LogP contribution in [0.4, 0.5) is 23.2 Å². The lowest BCUT2D eigenvalue weighted by molar-refractivity contribution is -0.142. The topological polar surface area (TPSA) is 135 Å². The first-order valence-corrected chi connectivity index (χ1v) is 12.5. The Morgan fingerprint density at radius 2 is 1.89 bits per heavy atom. The quantitative estimate of drug-likeness (QED) is 0.364. The zero-order valence-electron chi connectivity index (χ0n) is 19.2. The second-order valence-electron chi connectivity index (χ2n) is 8.39. The number of carbonyl (C=O) groups excluding carboxylic acids is 1. The maximum Gasteiger partial charge on any atom is 0.435 e. The monoisotopic (exact) mass is 535 g/mol. The molecule has 0 aliphatic heterocycles. The molecule has 1 aromatic carbocycles. The van der Waals surface area contributed by atoms with Crippen molar-refractivity contribution >= 4 is 21.4 Å². The molecule has 1 fully saturated rings. The van der Waals surface area contributed by atoms with Gasteiger partial charge in [-0.3, -0.25) is 4.79 Å². The van der Waals surface area contributed by atoms with Crippen LogP contribution in [0.1, 0.15) is 40.0 Å². The number of rotatable bonds is 6. The Hall–Kier alpha value is -4.12. The summed E-state index contributed by atoms with van der Waals surface area (Å²) in [6.45, 7) is 0.979. The van der Waals surface area contributed by atoms with Crippen LogP contribution in [0, 0.1) is 24.2 Å². The van der Waals surface area contributed by atoms with Crippen LogP contribution in [-0.2, 0) is 21.4 Å². The van der Waals surface area contributed by atoms with Gasteiger partial charge in [0.2, 0.25) is 11.8 Å². The van der Waals surface area contributed by atoms with Gasteiger partial charge in [-0.15, -0.1) is 10.2 Å². The van der Waals surface area contributed by atoms with E-state index < -0.39 is 61.9 Å². The number of hydrogen-bond donors (Lipinski definition) is 1. The summed E-state index contributed by atoms with van der Waals surface area (Å²) >= 11 is 0. The predicted molar refractivity (Wildman–Crippen MR) is 120 cm³/mol. The van der Waals surface area contributed by atoms with E-state index in [1.807, 2.05) is 6.07 Å². The molecule has 1 aliphatic rings. The lowest BCUT2D eigenvalue weighted by atomic mass is 9.99. The number of benzene rings is 1. The molecule has 0 spiro atoms. The fourth-order valence-corrected chi connectivity index (χ4v) is 4.27. The SMILES string of the molecule is Cc1c(C(F)(F)F)nnc(Oc2ccc(C3(C#N)CC3)c(F)n2)c1C(=O)Nc1cccc(S(C)(=O)=O)c1. The lowest BCUT2D eigenvalue weighted by Gasteiger charge is -2.16. The summed E-state index contributed by atoms with van der Waals surface area (Å²) in [4.78, 5) is 16.6. The molecule has 0 radical (unpaired) electrons. The first kappa shape index (κ1) is 26.0. The number of nitrogens with one attached hydrogen (secondary N) is 1. The van der Waals surface area contributed by atoms with Crippen molar-refractivity contribution in [2.24, 2.45) is 0 Å². The van der Waals surface area contributed by atoms with Crippen molar-refractivity contribution in [1.82, 2.24) is 15.2 Å². The number of pyridine rings is 1. The molecule has 14 heteroatoms. The Bertz CT molecular complexity index is 1560. The number of sulfone groups is 1. The van der Waals surface area contributed by atoms with Crippen molar-refractivity contribution in [3.63, 3.8) is 0 Å². The molecule has 2 aromatic heterocycles. The zero-order chi connectivity index (χ0) is 27.2. The van der Waals surface area contributed by atoms with E-state index in [2.05, 4.69) is 20.5 Å². The zero-order valence-corrected chi connectivity index (χ0v) is 20.0. The van der Waals surface area contributed by atoms with Gasteiger partial charge in [-0.1, -0.05) is 6.07 Å². The number of anilines is 1. The molecule has 1 N–H and O–H groups in total. The molecule has 37 heavy (non-hydrogen) atoms. The fourth-order valence-electron chi connectivity index (χ4n) is 3.60. The molecule has 2 heterocycles. The average Bonchev–Trinajstić information content (AvgIpc) is 3.59. The number of nitrogens with zero attached hydrogens (tertiary/aromatic N) is 4. The summed E-state index contributed by atoms with van der Waals surface area (Å²) in [5.74, 6) is -3.24. The summed E-state index contributed by atoms with van der Waals surface area (Å²) in [7, 11) is -3.64. The number of halogens is 4. The van der Waals surface area contributed by atoms with Crippen molar-refractivity contribution in [3.8, 4) is 17.8 Å². The molecule has 1 aliphatic carbocycles. The summed E-state index contributed by atoms with van der Waals surface area (Å²) in [5, 5.41) is 18.1. The average molecular weight is 535 g/mol. The minimum absolute atomic E-state index is 0.0246. The van der Waals surface area contributed by atoms with Gasteiger partial charge in [0, 0.05) is 23.6 Å². The molecule has 0 atom stereocenters. The van der Waals surface area contributed by atoms with Crippen LogP contribution in [0.5, 0.6) is 11.8 Å². The van der Waals surface area contributed by atoms with E-state index in [1.165, 1.54) is 30.3 Å². The van der Waals surface area contributed by atoms with E-state index >= 15 is 0 Å². The molecule has 4 rings (SSSR count). The number of carbonyl (C=O) groups is 1. The number of aromatic nitrogens is 3. The van der Waals surface area contributed by atoms with Crippen LogP contribution in [-0.4, -0.2) is 35.8 Å². The molecule has 0 unspecified atom stereocenters. The molecular weight excluding hydrogens is 518 g/mol. The van der Waals surface area contributed by atoms with Crippen LogP contribution in [0.25, 0.3) is 0 Å². The Morgan fingerprint density at radius 1 is 1.19 bits per heavy atom. The largest absolute Gasteiger partial charge is 0.435 e. The lowest BCUT2D eigenvalue weighted by Crippen LogP contribution is -2.21. The molecule has 9 nitrogen and oxygen atoms in total. The molecule has 0 bridgehead atoms. The van der Waals surface area contributed by atoms with Crippen LogP contribution in [0.3, 0.4) is 0 Å². The molecule has 1 saturated carbocycles. The van der Waals surface area contributed by atoms with Gasteiger partial charge in [0.1, 0.15) is 5.56 Å². The van der Waals surface area contributed by atoms with Gasteiger partial charge in [-0.05, 0) is 49.6 Å². The molecule has 3 aromatic rings. The highest BCUT2D eigenvalue weighted by Gasteiger charge is 2.47. The standard InChI is InChI=1S/C23H17F4N5O4S/c1-12-17(20(33)29-13-4-3-5-14(10-13)37(2,34)35)21(32-31-18(12)23(25,26)27)36-16-7-6-15(19(24)30-16)22(11-28)8-9-22/h3-7,10H,8-9H2,1-2H3,(H,29,33). The smallest absolute Gasteiger partial charge is 0.418 e. The third-order valence-corrected chi connectivity index (χ3v) is 6.81. The fraction of sp³-hybridized carbons (Fsp3) is 0.261. The van der Waals surface area contributed by atoms with Gasteiger partial charge in [0.05, 0.1) is 16.4 Å². The van der Waals surface area contributed by atoms with Crippen LogP contribution in [0.2, 0.25) is 0 Å². The van der Waals surface area contributed by atoms with Crippen LogP contribution >= 0.6 is 0 Å². The molecular formula is C23H17F4N5O4S. The van der Waals surface area contributed by atoms with Gasteiger partial charge < -0.3 is 10.1 Å². The van der Waals surface area contributed by atoms with E-state index in [0.717, 1.165) is 19.2 Å². The van der Waals surface area contributed by atoms with Gasteiger partial charge in [-0.2, -0.15) is 27.8 Å². The van der Waals surface area contributed by atoms with Crippen molar-refractivity contribution in [3.05, 3.63) is 64.7 Å². The summed E-state index contributed by atoms with van der Waals surface area (Å²) in [6.07, 6.45) is -3.10. The van der Waals surface area contributed by atoms with Crippen molar-refractivity contribution in [2.75, 3.05) is 11.6 Å². The second-order valence-corrected chi connectivity index (χ2v) is 10.4. The van der Waals surface area contributed by atoms with E-state index in [9.17, 15) is 36.0 Å². The highest BCUT2D eigenvalue weighted by molar-refractivity contribution is 7.90. The Kier molecular flexibility index (Phi) is 6.37. The van der Waals surface area contributed by atoms with E-state index in [4.69, 9.17) is 4.74 Å².